The highest BCUT2D eigenvalue weighted by atomic mass is 16.3. The summed E-state index contributed by atoms with van der Waals surface area (Å²) in [7, 11) is 0. The van der Waals surface area contributed by atoms with Crippen molar-refractivity contribution >= 4 is 17.6 Å². The van der Waals surface area contributed by atoms with Gasteiger partial charge in [0.1, 0.15) is 11.6 Å². The maximum atomic E-state index is 12.9. The normalized spacial score (nSPS) is 39.0. The smallest absolute Gasteiger partial charge is 0.139 e. The van der Waals surface area contributed by atoms with Crippen molar-refractivity contribution in [1.29, 1.82) is 0 Å². The van der Waals surface area contributed by atoms with Gasteiger partial charge in [0.05, 0.1) is 5.60 Å². The van der Waals surface area contributed by atoms with Gasteiger partial charge in [-0.15, -0.1) is 0 Å². The maximum absolute atomic E-state index is 12.9. The molecule has 1 aromatic carbocycles. The number of aliphatic hydroxyl groups is 1. The van der Waals surface area contributed by atoms with E-state index in [1.165, 1.54) is 11.1 Å². The van der Waals surface area contributed by atoms with Crippen molar-refractivity contribution in [2.45, 2.75) is 69.8 Å². The van der Waals surface area contributed by atoms with Gasteiger partial charge in [-0.25, -0.2) is 0 Å². The van der Waals surface area contributed by atoms with Crippen molar-refractivity contribution in [3.63, 3.8) is 0 Å². The van der Waals surface area contributed by atoms with Crippen LogP contribution in [0.25, 0.3) is 6.08 Å². The first-order valence-corrected chi connectivity index (χ1v) is 11.1. The molecule has 0 unspecified atom stereocenters. The van der Waals surface area contributed by atoms with Gasteiger partial charge in [-0.3, -0.25) is 9.59 Å². The fourth-order valence-electron chi connectivity index (χ4n) is 7.03. The molecular weight excluding hydrogens is 360 g/mol. The molecule has 0 aliphatic heterocycles. The molecule has 0 bridgehead atoms. The highest BCUT2D eigenvalue weighted by molar-refractivity contribution is 5.88. The van der Waals surface area contributed by atoms with E-state index in [-0.39, 0.29) is 23.5 Å². The molecule has 0 amide bonds. The highest BCUT2D eigenvalue weighted by Gasteiger charge is 2.58. The van der Waals surface area contributed by atoms with Crippen molar-refractivity contribution in [2.24, 2.45) is 17.3 Å². The topological polar surface area (TPSA) is 54.4 Å². The number of fused-ring (bicyclic) bond motifs is 4. The zero-order valence-electron chi connectivity index (χ0n) is 17.2. The summed E-state index contributed by atoms with van der Waals surface area (Å²) in [5.74, 6) is 1.48. The first-order valence-electron chi connectivity index (χ1n) is 11.1. The van der Waals surface area contributed by atoms with Gasteiger partial charge in [0.2, 0.25) is 0 Å². The van der Waals surface area contributed by atoms with Crippen molar-refractivity contribution in [2.75, 3.05) is 0 Å². The molecule has 0 heterocycles. The Balaban J connectivity index is 1.67. The molecule has 0 saturated heterocycles. The van der Waals surface area contributed by atoms with E-state index in [0.29, 0.717) is 43.3 Å². The first-order chi connectivity index (χ1) is 13.9. The Kier molecular flexibility index (Phi) is 4.26. The van der Waals surface area contributed by atoms with Gasteiger partial charge in [0, 0.05) is 30.6 Å². The summed E-state index contributed by atoms with van der Waals surface area (Å²) in [6, 6.07) is 8.51. The molecule has 0 spiro atoms. The van der Waals surface area contributed by atoms with Crippen LogP contribution in [0.15, 0.2) is 42.0 Å². The minimum atomic E-state index is -0.961. The summed E-state index contributed by atoms with van der Waals surface area (Å²) >= 11 is 0. The largest absolute Gasteiger partial charge is 0.385 e. The van der Waals surface area contributed by atoms with Crippen LogP contribution in [0.4, 0.5) is 0 Å². The number of hydrogen-bond acceptors (Lipinski definition) is 3. The molecular formula is C26H30O3. The van der Waals surface area contributed by atoms with Crippen molar-refractivity contribution in [3.05, 3.63) is 53.1 Å². The van der Waals surface area contributed by atoms with Gasteiger partial charge >= 0.3 is 0 Å². The number of carbonyl (C=O) groups is 2. The number of carbonyl (C=O) groups excluding carboxylic acids is 2. The van der Waals surface area contributed by atoms with Gasteiger partial charge in [0.25, 0.3) is 0 Å². The van der Waals surface area contributed by atoms with Crippen molar-refractivity contribution < 1.29 is 14.7 Å². The van der Waals surface area contributed by atoms with Crippen LogP contribution in [-0.2, 0) is 9.59 Å². The van der Waals surface area contributed by atoms with Crippen LogP contribution in [-0.4, -0.2) is 22.3 Å². The number of rotatable bonds is 2. The maximum Gasteiger partial charge on any atom is 0.139 e. The van der Waals surface area contributed by atoms with Gasteiger partial charge in [-0.2, -0.15) is 0 Å². The van der Waals surface area contributed by atoms with Gasteiger partial charge in [0.15, 0.2) is 0 Å². The summed E-state index contributed by atoms with van der Waals surface area (Å²) < 4.78 is 0. The van der Waals surface area contributed by atoms with Crippen LogP contribution in [0.3, 0.4) is 0 Å². The van der Waals surface area contributed by atoms with E-state index in [1.54, 1.807) is 0 Å². The fraction of sp³-hybridized carbons (Fsp3) is 0.538. The van der Waals surface area contributed by atoms with Crippen LogP contribution in [0.2, 0.25) is 0 Å². The molecule has 4 aliphatic rings. The second kappa shape index (κ2) is 6.50. The van der Waals surface area contributed by atoms with Crippen LogP contribution < -0.4 is 0 Å². The SMILES string of the molecule is C=Cc1ccc([C@H]2C[C@]3(C)C(=O)CC[C@H]3[C@@H]3CC[C@@]4(O)CC(=O)CCC4=C32)cc1. The molecule has 29 heavy (non-hydrogen) atoms. The highest BCUT2D eigenvalue weighted by Crippen LogP contribution is 2.63. The zero-order valence-corrected chi connectivity index (χ0v) is 17.2. The number of benzene rings is 1. The van der Waals surface area contributed by atoms with Crippen LogP contribution in [0.1, 0.15) is 75.3 Å². The summed E-state index contributed by atoms with van der Waals surface area (Å²) in [5, 5.41) is 11.4. The van der Waals surface area contributed by atoms with Crippen LogP contribution >= 0.6 is 0 Å². The predicted octanol–water partition coefficient (Wildman–Crippen LogP) is 4.99. The Morgan fingerprint density at radius 2 is 1.86 bits per heavy atom. The minimum absolute atomic E-state index is 0.150. The molecule has 3 fully saturated rings. The molecule has 0 radical (unpaired) electrons. The second-order valence-corrected chi connectivity index (χ2v) is 9.94. The first kappa shape index (κ1) is 19.0. The molecule has 0 aromatic heterocycles. The van der Waals surface area contributed by atoms with Crippen molar-refractivity contribution in [1.82, 2.24) is 0 Å². The van der Waals surface area contributed by atoms with E-state index in [4.69, 9.17) is 0 Å². The molecule has 3 heteroatoms. The van der Waals surface area contributed by atoms with Gasteiger partial charge in [-0.1, -0.05) is 49.4 Å². The van der Waals surface area contributed by atoms with E-state index < -0.39 is 5.60 Å². The lowest BCUT2D eigenvalue weighted by molar-refractivity contribution is -0.129. The lowest BCUT2D eigenvalue weighted by atomic mass is 9.51. The molecule has 3 saturated carbocycles. The molecule has 1 N–H and O–H groups in total. The number of Topliss-reactive ketones (excluding diaryl/α,β-unsaturated/α-hetero) is 2. The Hall–Kier alpha value is -2.00. The molecule has 3 nitrogen and oxygen atoms in total. The number of ketones is 2. The molecule has 5 atom stereocenters. The lowest BCUT2D eigenvalue weighted by Gasteiger charge is -2.53. The van der Waals surface area contributed by atoms with E-state index in [2.05, 4.69) is 37.8 Å². The van der Waals surface area contributed by atoms with E-state index in [1.807, 2.05) is 6.08 Å². The number of allylic oxidation sites excluding steroid dienone is 1. The monoisotopic (exact) mass is 390 g/mol. The summed E-state index contributed by atoms with van der Waals surface area (Å²) in [6.07, 6.45) is 7.35. The third kappa shape index (κ3) is 2.73. The average Bonchev–Trinajstić information content (AvgIpc) is 3.01. The lowest BCUT2D eigenvalue weighted by Crippen LogP contribution is -2.49. The Bertz CT molecular complexity index is 924. The van der Waals surface area contributed by atoms with Gasteiger partial charge < -0.3 is 5.11 Å². The second-order valence-electron chi connectivity index (χ2n) is 9.94. The zero-order chi connectivity index (χ0) is 20.4. The molecule has 4 aliphatic carbocycles. The summed E-state index contributed by atoms with van der Waals surface area (Å²) in [4.78, 5) is 25.1. The standard InChI is InChI=1S/C26H30O3/c1-3-16-4-6-17(7-5-16)20-15-25(2)21(10-11-23(25)28)19-12-13-26(29)14-18(27)8-9-22(26)24(19)20/h3-7,19-21,29H,1,8-15H2,2H3/t19-,20+,21-,25-,26+/m0/s1. The Morgan fingerprint density at radius 1 is 1.10 bits per heavy atom. The Morgan fingerprint density at radius 3 is 2.59 bits per heavy atom. The third-order valence-electron chi connectivity index (χ3n) is 8.52. The fourth-order valence-corrected chi connectivity index (χ4v) is 7.03. The van der Waals surface area contributed by atoms with Crippen LogP contribution in [0.5, 0.6) is 0 Å². The van der Waals surface area contributed by atoms with Crippen molar-refractivity contribution in [3.8, 4) is 0 Å². The predicted molar refractivity (Wildman–Crippen MR) is 113 cm³/mol. The Labute approximate surface area is 172 Å². The molecule has 152 valence electrons. The minimum Gasteiger partial charge on any atom is -0.385 e. The third-order valence-corrected chi connectivity index (χ3v) is 8.52. The quantitative estimate of drug-likeness (QED) is 0.724. The van der Waals surface area contributed by atoms with E-state index in [0.717, 1.165) is 30.4 Å². The van der Waals surface area contributed by atoms with E-state index >= 15 is 0 Å². The van der Waals surface area contributed by atoms with E-state index in [9.17, 15) is 14.7 Å². The molecule has 5 rings (SSSR count). The molecule has 1 aromatic rings. The summed E-state index contributed by atoms with van der Waals surface area (Å²) in [6.45, 7) is 6.04. The van der Waals surface area contributed by atoms with Crippen LogP contribution in [0, 0.1) is 17.3 Å². The average molecular weight is 391 g/mol. The summed E-state index contributed by atoms with van der Waals surface area (Å²) in [5.41, 5.74) is 3.59. The number of hydrogen-bond donors (Lipinski definition) is 1. The van der Waals surface area contributed by atoms with Gasteiger partial charge in [-0.05, 0) is 60.6 Å².